The monoisotopic (exact) mass is 405 g/mol. The minimum absolute atomic E-state index is 0.251. The van der Waals surface area contributed by atoms with Crippen LogP contribution in [0.15, 0.2) is 24.3 Å². The first-order valence-corrected chi connectivity index (χ1v) is 10.6. The maximum absolute atomic E-state index is 13.0. The number of benzene rings is 1. The summed E-state index contributed by atoms with van der Waals surface area (Å²) in [6.07, 6.45) is 2.36. The standard InChI is InChI=1S/C20H27N3O4S/c1-22(2)13-8-6-12(7-9-13)16-14-15(18(25)23(3)17(14)24)20(21-16,10-11-28-5)19(26)27-4/h6-9,14-16,21H,10-11H2,1-5H3/t14-,15+,16-,20+/m0/s1. The number of nitrogens with one attached hydrogen (secondary N) is 1. The molecule has 1 aromatic carbocycles. The van der Waals surface area contributed by atoms with Crippen molar-refractivity contribution in [2.75, 3.05) is 45.2 Å². The van der Waals surface area contributed by atoms with Gasteiger partial charge in [-0.25, -0.2) is 0 Å². The maximum atomic E-state index is 13.0. The molecule has 152 valence electrons. The first kappa shape index (κ1) is 20.7. The Morgan fingerprint density at radius 1 is 1.25 bits per heavy atom. The molecule has 1 N–H and O–H groups in total. The maximum Gasteiger partial charge on any atom is 0.326 e. The lowest BCUT2D eigenvalue weighted by molar-refractivity contribution is -0.154. The first-order chi connectivity index (χ1) is 13.3. The van der Waals surface area contributed by atoms with Gasteiger partial charge in [-0.2, -0.15) is 11.8 Å². The molecule has 2 aliphatic rings. The van der Waals surface area contributed by atoms with E-state index in [9.17, 15) is 14.4 Å². The minimum Gasteiger partial charge on any atom is -0.468 e. The number of hydrogen-bond donors (Lipinski definition) is 1. The van der Waals surface area contributed by atoms with Gasteiger partial charge in [-0.1, -0.05) is 12.1 Å². The van der Waals surface area contributed by atoms with Gasteiger partial charge >= 0.3 is 5.97 Å². The molecule has 7 nitrogen and oxygen atoms in total. The van der Waals surface area contributed by atoms with Crippen LogP contribution in [0.1, 0.15) is 18.0 Å². The lowest BCUT2D eigenvalue weighted by Gasteiger charge is -2.32. The smallest absolute Gasteiger partial charge is 0.326 e. The average Bonchev–Trinajstić information content (AvgIpc) is 3.16. The number of thioether (sulfide) groups is 1. The zero-order valence-electron chi connectivity index (χ0n) is 16.9. The molecule has 2 fully saturated rings. The van der Waals surface area contributed by atoms with E-state index in [1.807, 2.05) is 49.5 Å². The summed E-state index contributed by atoms with van der Waals surface area (Å²) in [5.41, 5.74) is 0.711. The molecule has 1 aromatic rings. The Kier molecular flexibility index (Phi) is 5.72. The number of ether oxygens (including phenoxy) is 1. The Balaban J connectivity index is 2.08. The second-order valence-electron chi connectivity index (χ2n) is 7.55. The molecule has 8 heteroatoms. The van der Waals surface area contributed by atoms with Gasteiger partial charge in [-0.05, 0) is 36.1 Å². The molecule has 2 heterocycles. The molecular formula is C20H27N3O4S. The predicted molar refractivity (Wildman–Crippen MR) is 109 cm³/mol. The lowest BCUT2D eigenvalue weighted by Crippen LogP contribution is -2.56. The van der Waals surface area contributed by atoms with E-state index in [2.05, 4.69) is 5.32 Å². The molecule has 0 saturated carbocycles. The van der Waals surface area contributed by atoms with Gasteiger partial charge in [0.05, 0.1) is 18.9 Å². The van der Waals surface area contributed by atoms with Crippen molar-refractivity contribution < 1.29 is 19.1 Å². The van der Waals surface area contributed by atoms with Crippen LogP contribution < -0.4 is 10.2 Å². The zero-order valence-corrected chi connectivity index (χ0v) is 17.7. The number of esters is 1. The third kappa shape index (κ3) is 3.08. The summed E-state index contributed by atoms with van der Waals surface area (Å²) in [6, 6.07) is 7.40. The Morgan fingerprint density at radius 2 is 1.89 bits per heavy atom. The molecule has 0 bridgehead atoms. The summed E-state index contributed by atoms with van der Waals surface area (Å²) in [6.45, 7) is 0. The molecule has 2 aliphatic heterocycles. The van der Waals surface area contributed by atoms with Crippen molar-refractivity contribution in [3.8, 4) is 0 Å². The number of rotatable bonds is 6. The van der Waals surface area contributed by atoms with Crippen LogP contribution in [-0.2, 0) is 19.1 Å². The summed E-state index contributed by atoms with van der Waals surface area (Å²) in [5, 5.41) is 3.37. The fraction of sp³-hybridized carbons (Fsp3) is 0.550. The van der Waals surface area contributed by atoms with E-state index in [0.717, 1.165) is 16.2 Å². The largest absolute Gasteiger partial charge is 0.468 e. The Bertz CT molecular complexity index is 782. The molecule has 0 spiro atoms. The van der Waals surface area contributed by atoms with E-state index in [4.69, 9.17) is 4.74 Å². The third-order valence-corrected chi connectivity index (χ3v) is 6.51. The average molecular weight is 406 g/mol. The second-order valence-corrected chi connectivity index (χ2v) is 8.54. The van der Waals surface area contributed by atoms with E-state index >= 15 is 0 Å². The van der Waals surface area contributed by atoms with Gasteiger partial charge in [-0.3, -0.25) is 24.6 Å². The van der Waals surface area contributed by atoms with E-state index in [1.165, 1.54) is 14.2 Å². The highest BCUT2D eigenvalue weighted by atomic mass is 32.2. The van der Waals surface area contributed by atoms with Crippen molar-refractivity contribution in [1.29, 1.82) is 0 Å². The van der Waals surface area contributed by atoms with Crippen LogP contribution in [0.3, 0.4) is 0 Å². The third-order valence-electron chi connectivity index (χ3n) is 5.89. The van der Waals surface area contributed by atoms with Crippen molar-refractivity contribution >= 4 is 35.2 Å². The summed E-state index contributed by atoms with van der Waals surface area (Å²) < 4.78 is 5.10. The highest BCUT2D eigenvalue weighted by molar-refractivity contribution is 7.98. The zero-order chi connectivity index (χ0) is 20.6. The molecular weight excluding hydrogens is 378 g/mol. The highest BCUT2D eigenvalue weighted by Gasteiger charge is 2.67. The van der Waals surface area contributed by atoms with E-state index in [0.29, 0.717) is 12.2 Å². The van der Waals surface area contributed by atoms with Crippen LogP contribution in [0.2, 0.25) is 0 Å². The molecule has 28 heavy (non-hydrogen) atoms. The first-order valence-electron chi connectivity index (χ1n) is 9.22. The Hall–Kier alpha value is -2.06. The minimum atomic E-state index is -1.20. The van der Waals surface area contributed by atoms with Crippen molar-refractivity contribution in [1.82, 2.24) is 10.2 Å². The van der Waals surface area contributed by atoms with Crippen LogP contribution >= 0.6 is 11.8 Å². The van der Waals surface area contributed by atoms with Gasteiger partial charge in [0.25, 0.3) is 0 Å². The summed E-state index contributed by atoms with van der Waals surface area (Å²) in [5.74, 6) is -1.77. The van der Waals surface area contributed by atoms with Crippen LogP contribution in [0.25, 0.3) is 0 Å². The van der Waals surface area contributed by atoms with Gasteiger partial charge in [0, 0.05) is 32.9 Å². The Morgan fingerprint density at radius 3 is 2.43 bits per heavy atom. The van der Waals surface area contributed by atoms with Gasteiger partial charge in [-0.15, -0.1) is 0 Å². The number of carbonyl (C=O) groups is 3. The number of fused-ring (bicyclic) bond motifs is 1. The van der Waals surface area contributed by atoms with Crippen molar-refractivity contribution in [2.45, 2.75) is 18.0 Å². The number of carbonyl (C=O) groups excluding carboxylic acids is 3. The number of nitrogens with zero attached hydrogens (tertiary/aromatic N) is 2. The molecule has 3 rings (SSSR count). The molecule has 0 aromatic heterocycles. The van der Waals surface area contributed by atoms with E-state index < -0.39 is 29.4 Å². The van der Waals surface area contributed by atoms with Crippen molar-refractivity contribution in [3.05, 3.63) is 29.8 Å². The highest BCUT2D eigenvalue weighted by Crippen LogP contribution is 2.50. The molecule has 0 radical (unpaired) electrons. The SMILES string of the molecule is COC(=O)[C@]1(CCSC)N[C@@H](c2ccc(N(C)C)cc2)[C@H]2C(=O)N(C)C(=O)[C@@H]21. The second kappa shape index (κ2) is 7.75. The number of methoxy groups -OCH3 is 1. The van der Waals surface area contributed by atoms with Crippen molar-refractivity contribution in [2.24, 2.45) is 11.8 Å². The summed E-state index contributed by atoms with van der Waals surface area (Å²) in [4.78, 5) is 41.9. The fourth-order valence-corrected chi connectivity index (χ4v) is 4.90. The number of likely N-dealkylation sites (tertiary alicyclic amines) is 1. The van der Waals surface area contributed by atoms with Crippen LogP contribution in [-0.4, -0.2) is 68.5 Å². The normalized spacial score (nSPS) is 29.2. The number of hydrogen-bond acceptors (Lipinski definition) is 7. The van der Waals surface area contributed by atoms with Crippen molar-refractivity contribution in [3.63, 3.8) is 0 Å². The molecule has 0 aliphatic carbocycles. The Labute approximate surface area is 169 Å². The molecule has 2 amide bonds. The summed E-state index contributed by atoms with van der Waals surface area (Å²) >= 11 is 1.59. The number of anilines is 1. The van der Waals surface area contributed by atoms with E-state index in [1.54, 1.807) is 11.8 Å². The van der Waals surface area contributed by atoms with Crippen LogP contribution in [0, 0.1) is 11.8 Å². The summed E-state index contributed by atoms with van der Waals surface area (Å²) in [7, 11) is 6.73. The van der Waals surface area contributed by atoms with Gasteiger partial charge in [0.15, 0.2) is 0 Å². The predicted octanol–water partition coefficient (Wildman–Crippen LogP) is 1.29. The number of imide groups is 1. The van der Waals surface area contributed by atoms with Gasteiger partial charge in [0.2, 0.25) is 11.8 Å². The van der Waals surface area contributed by atoms with Crippen LogP contribution in [0.5, 0.6) is 0 Å². The quantitative estimate of drug-likeness (QED) is 0.564. The molecule has 2 saturated heterocycles. The van der Waals surface area contributed by atoms with Gasteiger partial charge < -0.3 is 9.64 Å². The van der Waals surface area contributed by atoms with E-state index in [-0.39, 0.29) is 11.8 Å². The molecule has 0 unspecified atom stereocenters. The number of amides is 2. The van der Waals surface area contributed by atoms with Gasteiger partial charge in [0.1, 0.15) is 5.54 Å². The fourth-order valence-electron chi connectivity index (χ4n) is 4.38. The molecule has 4 atom stereocenters. The lowest BCUT2D eigenvalue weighted by atomic mass is 9.78. The van der Waals surface area contributed by atoms with Crippen LogP contribution in [0.4, 0.5) is 5.69 Å². The topological polar surface area (TPSA) is 79.0 Å².